The van der Waals surface area contributed by atoms with Gasteiger partial charge in [-0.2, -0.15) is 0 Å². The first-order valence-electron chi connectivity index (χ1n) is 6.17. The van der Waals surface area contributed by atoms with Crippen LogP contribution < -0.4 is 5.32 Å². The standard InChI is InChI=1S/C14H15FN2O2S/c1-8-7-11(15)4-3-10(8)5-6-16-14-17-12(13(18)19)9(2)20-14/h3-4,7H,5-6H2,1-2H3,(H,16,17)(H,18,19). The molecule has 1 aromatic carbocycles. The fourth-order valence-electron chi connectivity index (χ4n) is 1.91. The smallest absolute Gasteiger partial charge is 0.355 e. The van der Waals surface area contributed by atoms with Crippen LogP contribution in [0, 0.1) is 19.7 Å². The molecule has 1 aromatic heterocycles. The topological polar surface area (TPSA) is 62.2 Å². The zero-order chi connectivity index (χ0) is 14.7. The van der Waals surface area contributed by atoms with Crippen LogP contribution in [0.5, 0.6) is 0 Å². The SMILES string of the molecule is Cc1cc(F)ccc1CCNc1nc(C(=O)O)c(C)s1. The highest BCUT2D eigenvalue weighted by Crippen LogP contribution is 2.22. The van der Waals surface area contributed by atoms with E-state index in [9.17, 15) is 9.18 Å². The lowest BCUT2D eigenvalue weighted by Gasteiger charge is -2.06. The van der Waals surface area contributed by atoms with Crippen molar-refractivity contribution in [2.24, 2.45) is 0 Å². The number of hydrogen-bond acceptors (Lipinski definition) is 4. The molecule has 4 nitrogen and oxygen atoms in total. The lowest BCUT2D eigenvalue weighted by molar-refractivity contribution is 0.0690. The first-order valence-corrected chi connectivity index (χ1v) is 6.98. The number of nitrogens with one attached hydrogen (secondary N) is 1. The molecule has 0 saturated carbocycles. The number of anilines is 1. The van der Waals surface area contributed by atoms with Gasteiger partial charge in [-0.15, -0.1) is 11.3 Å². The van der Waals surface area contributed by atoms with Gasteiger partial charge >= 0.3 is 5.97 Å². The van der Waals surface area contributed by atoms with Gasteiger partial charge in [-0.05, 0) is 43.5 Å². The summed E-state index contributed by atoms with van der Waals surface area (Å²) in [6.45, 7) is 4.23. The molecule has 0 aliphatic heterocycles. The molecule has 0 aliphatic rings. The Bertz CT molecular complexity index is 640. The number of aromatic nitrogens is 1. The first kappa shape index (κ1) is 14.5. The summed E-state index contributed by atoms with van der Waals surface area (Å²) in [5, 5.41) is 12.6. The molecule has 0 amide bonds. The van der Waals surface area contributed by atoms with Gasteiger partial charge in [0.2, 0.25) is 0 Å². The first-order chi connectivity index (χ1) is 9.47. The second-order valence-corrected chi connectivity index (χ2v) is 5.68. The van der Waals surface area contributed by atoms with Crippen LogP contribution in [0.1, 0.15) is 26.5 Å². The van der Waals surface area contributed by atoms with Gasteiger partial charge in [0.25, 0.3) is 0 Å². The van der Waals surface area contributed by atoms with Crippen molar-refractivity contribution >= 4 is 22.4 Å². The predicted molar refractivity (Wildman–Crippen MR) is 77.1 cm³/mol. The Hall–Kier alpha value is -1.95. The predicted octanol–water partition coefficient (Wildman–Crippen LogP) is 3.25. The summed E-state index contributed by atoms with van der Waals surface area (Å²) in [4.78, 5) is 15.6. The van der Waals surface area contributed by atoms with Gasteiger partial charge < -0.3 is 10.4 Å². The number of aryl methyl sites for hydroxylation is 2. The van der Waals surface area contributed by atoms with Crippen molar-refractivity contribution < 1.29 is 14.3 Å². The quantitative estimate of drug-likeness (QED) is 0.888. The van der Waals surface area contributed by atoms with Crippen LogP contribution >= 0.6 is 11.3 Å². The van der Waals surface area contributed by atoms with Gasteiger partial charge in [-0.25, -0.2) is 14.2 Å². The summed E-state index contributed by atoms with van der Waals surface area (Å²) in [6, 6.07) is 4.71. The minimum atomic E-state index is -1.01. The van der Waals surface area contributed by atoms with Gasteiger partial charge in [-0.1, -0.05) is 6.07 Å². The third-order valence-electron chi connectivity index (χ3n) is 2.97. The van der Waals surface area contributed by atoms with Gasteiger partial charge in [0.05, 0.1) is 0 Å². The molecule has 0 atom stereocenters. The highest BCUT2D eigenvalue weighted by molar-refractivity contribution is 7.15. The molecule has 20 heavy (non-hydrogen) atoms. The molecule has 0 saturated heterocycles. The molecule has 6 heteroatoms. The summed E-state index contributed by atoms with van der Waals surface area (Å²) in [6.07, 6.45) is 0.729. The number of nitrogens with zero attached hydrogens (tertiary/aromatic N) is 1. The second-order valence-electron chi connectivity index (χ2n) is 4.48. The number of carboxylic acid groups (broad SMARTS) is 1. The van der Waals surface area contributed by atoms with Crippen LogP contribution in [0.4, 0.5) is 9.52 Å². The zero-order valence-corrected chi connectivity index (χ0v) is 12.1. The van der Waals surface area contributed by atoms with Gasteiger partial charge in [0.15, 0.2) is 10.8 Å². The van der Waals surface area contributed by atoms with Crippen molar-refractivity contribution in [1.82, 2.24) is 4.98 Å². The fourth-order valence-corrected chi connectivity index (χ4v) is 2.75. The van der Waals surface area contributed by atoms with E-state index in [0.717, 1.165) is 17.5 Å². The van der Waals surface area contributed by atoms with E-state index in [1.165, 1.54) is 23.5 Å². The molecule has 0 spiro atoms. The molecule has 0 radical (unpaired) electrons. The van der Waals surface area contributed by atoms with E-state index >= 15 is 0 Å². The number of carbonyl (C=O) groups is 1. The van der Waals surface area contributed by atoms with E-state index in [0.29, 0.717) is 16.6 Å². The van der Waals surface area contributed by atoms with E-state index in [-0.39, 0.29) is 11.5 Å². The maximum absolute atomic E-state index is 13.0. The minimum Gasteiger partial charge on any atom is -0.476 e. The minimum absolute atomic E-state index is 0.0930. The van der Waals surface area contributed by atoms with Crippen molar-refractivity contribution in [1.29, 1.82) is 0 Å². The Morgan fingerprint density at radius 1 is 1.45 bits per heavy atom. The Morgan fingerprint density at radius 2 is 2.20 bits per heavy atom. The van der Waals surface area contributed by atoms with Gasteiger partial charge in [0.1, 0.15) is 5.82 Å². The molecule has 106 valence electrons. The van der Waals surface area contributed by atoms with E-state index in [2.05, 4.69) is 10.3 Å². The van der Waals surface area contributed by atoms with E-state index in [4.69, 9.17) is 5.11 Å². The Kier molecular flexibility index (Phi) is 4.34. The Balaban J connectivity index is 1.96. The molecule has 0 bridgehead atoms. The fraction of sp³-hybridized carbons (Fsp3) is 0.286. The number of aromatic carboxylic acids is 1. The number of rotatable bonds is 5. The van der Waals surface area contributed by atoms with E-state index < -0.39 is 5.97 Å². The summed E-state index contributed by atoms with van der Waals surface area (Å²) in [5.74, 6) is -1.25. The van der Waals surface area contributed by atoms with Gasteiger partial charge in [0, 0.05) is 11.4 Å². The molecule has 2 aromatic rings. The second kappa shape index (κ2) is 6.00. The summed E-state index contributed by atoms with van der Waals surface area (Å²) in [5.41, 5.74) is 2.06. The molecular formula is C14H15FN2O2S. The monoisotopic (exact) mass is 294 g/mol. The lowest BCUT2D eigenvalue weighted by Crippen LogP contribution is -2.06. The summed E-state index contributed by atoms with van der Waals surface area (Å²) >= 11 is 1.32. The summed E-state index contributed by atoms with van der Waals surface area (Å²) in [7, 11) is 0. The van der Waals surface area contributed by atoms with Crippen molar-refractivity contribution in [3.63, 3.8) is 0 Å². The molecule has 2 N–H and O–H groups in total. The number of thiazole rings is 1. The van der Waals surface area contributed by atoms with Crippen LogP contribution in [0.25, 0.3) is 0 Å². The number of benzene rings is 1. The maximum Gasteiger partial charge on any atom is 0.355 e. The Labute approximate surface area is 120 Å². The maximum atomic E-state index is 13.0. The zero-order valence-electron chi connectivity index (χ0n) is 11.2. The average Bonchev–Trinajstić information content (AvgIpc) is 2.73. The molecule has 1 heterocycles. The van der Waals surface area contributed by atoms with Crippen molar-refractivity contribution in [2.75, 3.05) is 11.9 Å². The normalized spacial score (nSPS) is 10.6. The third-order valence-corrected chi connectivity index (χ3v) is 3.90. The van der Waals surface area contributed by atoms with E-state index in [1.807, 2.05) is 6.92 Å². The van der Waals surface area contributed by atoms with Crippen LogP contribution in [0.15, 0.2) is 18.2 Å². The highest BCUT2D eigenvalue weighted by Gasteiger charge is 2.13. The molecule has 0 aliphatic carbocycles. The number of halogens is 1. The van der Waals surface area contributed by atoms with E-state index in [1.54, 1.807) is 13.0 Å². The largest absolute Gasteiger partial charge is 0.476 e. The number of hydrogen-bond donors (Lipinski definition) is 2. The van der Waals surface area contributed by atoms with Gasteiger partial charge in [-0.3, -0.25) is 0 Å². The molecular weight excluding hydrogens is 279 g/mol. The van der Waals surface area contributed by atoms with Crippen LogP contribution in [-0.2, 0) is 6.42 Å². The highest BCUT2D eigenvalue weighted by atomic mass is 32.1. The molecule has 2 rings (SSSR count). The van der Waals surface area contributed by atoms with Crippen molar-refractivity contribution in [3.05, 3.63) is 45.7 Å². The number of carboxylic acids is 1. The van der Waals surface area contributed by atoms with Crippen molar-refractivity contribution in [2.45, 2.75) is 20.3 Å². The van der Waals surface area contributed by atoms with Crippen LogP contribution in [0.2, 0.25) is 0 Å². The lowest BCUT2D eigenvalue weighted by atomic mass is 10.1. The Morgan fingerprint density at radius 3 is 2.80 bits per heavy atom. The van der Waals surface area contributed by atoms with Crippen LogP contribution in [0.3, 0.4) is 0 Å². The average molecular weight is 294 g/mol. The summed E-state index contributed by atoms with van der Waals surface area (Å²) < 4.78 is 13.0. The van der Waals surface area contributed by atoms with Crippen LogP contribution in [-0.4, -0.2) is 22.6 Å². The molecule has 0 unspecified atom stereocenters. The molecule has 0 fully saturated rings. The van der Waals surface area contributed by atoms with Crippen molar-refractivity contribution in [3.8, 4) is 0 Å². The third kappa shape index (κ3) is 3.33.